The summed E-state index contributed by atoms with van der Waals surface area (Å²) < 4.78 is 23.0. The molecule has 0 aromatic heterocycles. The van der Waals surface area contributed by atoms with Crippen LogP contribution in [0.5, 0.6) is 0 Å². The number of carbonyl (C=O) groups is 3. The van der Waals surface area contributed by atoms with Gasteiger partial charge in [-0.05, 0) is 60.7 Å². The summed E-state index contributed by atoms with van der Waals surface area (Å²) in [4.78, 5) is 37.3. The van der Waals surface area contributed by atoms with Crippen molar-refractivity contribution in [1.29, 1.82) is 0 Å². The molecule has 7 nitrogen and oxygen atoms in total. The van der Waals surface area contributed by atoms with Crippen molar-refractivity contribution in [2.45, 2.75) is 98.8 Å². The van der Waals surface area contributed by atoms with Gasteiger partial charge in [0, 0.05) is 19.3 Å². The fourth-order valence-electron chi connectivity index (χ4n) is 7.43. The van der Waals surface area contributed by atoms with Crippen LogP contribution < -0.4 is 0 Å². The van der Waals surface area contributed by atoms with E-state index in [0.717, 1.165) is 32.1 Å². The average Bonchev–Trinajstić information content (AvgIpc) is 3.16. The highest BCUT2D eigenvalue weighted by Gasteiger charge is 2.68. The second kappa shape index (κ2) is 8.96. The lowest BCUT2D eigenvalue weighted by Crippen LogP contribution is -2.54. The first-order chi connectivity index (χ1) is 15.8. The third-order valence-corrected chi connectivity index (χ3v) is 8.85. The van der Waals surface area contributed by atoms with E-state index >= 15 is 0 Å². The molecule has 7 heteroatoms. The number of hydrogen-bond acceptors (Lipinski definition) is 7. The molecule has 190 valence electrons. The van der Waals surface area contributed by atoms with Crippen LogP contribution in [0, 0.1) is 40.4 Å². The van der Waals surface area contributed by atoms with E-state index in [1.165, 1.54) is 12.5 Å². The molecule has 2 saturated heterocycles. The summed E-state index contributed by atoms with van der Waals surface area (Å²) in [5.74, 6) is -1.69. The van der Waals surface area contributed by atoms with E-state index in [-0.39, 0.29) is 35.0 Å². The van der Waals surface area contributed by atoms with Crippen molar-refractivity contribution >= 4 is 17.9 Å². The Kier molecular flexibility index (Phi) is 6.64. The van der Waals surface area contributed by atoms with E-state index in [2.05, 4.69) is 27.4 Å². The summed E-state index contributed by atoms with van der Waals surface area (Å²) in [6, 6.07) is 0. The third kappa shape index (κ3) is 4.29. The van der Waals surface area contributed by atoms with Crippen LogP contribution in [-0.2, 0) is 33.3 Å². The molecular weight excluding hydrogens is 436 g/mol. The lowest BCUT2D eigenvalue weighted by molar-refractivity contribution is -0.219. The van der Waals surface area contributed by atoms with Gasteiger partial charge in [0.05, 0.1) is 5.92 Å². The van der Waals surface area contributed by atoms with Gasteiger partial charge in [0.15, 0.2) is 0 Å². The Morgan fingerprint density at radius 1 is 1.18 bits per heavy atom. The van der Waals surface area contributed by atoms with E-state index in [0.29, 0.717) is 5.92 Å². The molecule has 2 heterocycles. The van der Waals surface area contributed by atoms with E-state index < -0.39 is 42.5 Å². The third-order valence-electron chi connectivity index (χ3n) is 8.85. The summed E-state index contributed by atoms with van der Waals surface area (Å²) in [7, 11) is 0. The monoisotopic (exact) mass is 476 g/mol. The Morgan fingerprint density at radius 2 is 1.88 bits per heavy atom. The number of allylic oxidation sites excluding steroid dienone is 1. The second-order valence-electron chi connectivity index (χ2n) is 12.2. The van der Waals surface area contributed by atoms with E-state index in [1.54, 1.807) is 0 Å². The summed E-state index contributed by atoms with van der Waals surface area (Å²) in [5, 5.41) is 0. The van der Waals surface area contributed by atoms with Gasteiger partial charge in [0.25, 0.3) is 0 Å². The Bertz CT molecular complexity index is 861. The molecule has 0 radical (unpaired) electrons. The molecule has 0 aromatic carbocycles. The van der Waals surface area contributed by atoms with Gasteiger partial charge in [-0.15, -0.1) is 0 Å². The lowest BCUT2D eigenvalue weighted by atomic mass is 9.58. The van der Waals surface area contributed by atoms with Crippen LogP contribution in [0.1, 0.15) is 80.1 Å². The zero-order valence-electron chi connectivity index (χ0n) is 21.4. The number of ether oxygens (including phenoxy) is 4. The standard InChI is InChI=1S/C27H40O7/c1-14(2)13-18(29)32-24-19-21(25(34-24)33-23(30)22(19)31-16(4)28)27(7)12-10-17-20(27)15(3)9-8-11-26(17,5)6/h14,17,19-22,24-25H,3,8-13H2,1-2,4-7H3/t17-,19+,20-,21+,22+,24-,25-,27-/m1/s1. The molecule has 0 spiro atoms. The van der Waals surface area contributed by atoms with Crippen LogP contribution in [0.3, 0.4) is 0 Å². The summed E-state index contributed by atoms with van der Waals surface area (Å²) >= 11 is 0. The van der Waals surface area contributed by atoms with Crippen molar-refractivity contribution in [3.8, 4) is 0 Å². The van der Waals surface area contributed by atoms with Crippen LogP contribution in [-0.4, -0.2) is 36.6 Å². The molecule has 0 aromatic rings. The maximum atomic E-state index is 12.8. The minimum absolute atomic E-state index is 0.121. The van der Waals surface area contributed by atoms with Gasteiger partial charge in [-0.25, -0.2) is 4.79 Å². The van der Waals surface area contributed by atoms with Crippen molar-refractivity contribution in [3.05, 3.63) is 12.2 Å². The van der Waals surface area contributed by atoms with Crippen molar-refractivity contribution < 1.29 is 33.3 Å². The van der Waals surface area contributed by atoms with Crippen molar-refractivity contribution in [3.63, 3.8) is 0 Å². The highest BCUT2D eigenvalue weighted by Crippen LogP contribution is 2.66. The van der Waals surface area contributed by atoms with Crippen LogP contribution in [0.15, 0.2) is 12.2 Å². The number of hydrogen-bond donors (Lipinski definition) is 0. The van der Waals surface area contributed by atoms with Gasteiger partial charge in [0.1, 0.15) is 0 Å². The molecular formula is C27H40O7. The molecule has 8 atom stereocenters. The summed E-state index contributed by atoms with van der Waals surface area (Å²) in [5.41, 5.74) is 1.12. The number of rotatable bonds is 5. The molecule has 4 fully saturated rings. The molecule has 0 N–H and O–H groups in total. The molecule has 4 rings (SSSR count). The highest BCUT2D eigenvalue weighted by molar-refractivity contribution is 5.80. The number of fused-ring (bicyclic) bond motifs is 3. The van der Waals surface area contributed by atoms with Crippen LogP contribution in [0.4, 0.5) is 0 Å². The van der Waals surface area contributed by atoms with Gasteiger partial charge < -0.3 is 18.9 Å². The Morgan fingerprint density at radius 3 is 2.53 bits per heavy atom. The first kappa shape index (κ1) is 25.2. The molecule has 0 unspecified atom stereocenters. The first-order valence-electron chi connectivity index (χ1n) is 12.8. The zero-order chi connectivity index (χ0) is 25.0. The molecule has 34 heavy (non-hydrogen) atoms. The zero-order valence-corrected chi connectivity index (χ0v) is 21.4. The fraction of sp³-hybridized carbons (Fsp3) is 0.815. The topological polar surface area (TPSA) is 88.1 Å². The number of carbonyl (C=O) groups excluding carboxylic acids is 3. The summed E-state index contributed by atoms with van der Waals surface area (Å²) in [6.45, 7) is 16.6. The Balaban J connectivity index is 1.72. The van der Waals surface area contributed by atoms with Gasteiger partial charge in [-0.1, -0.05) is 46.8 Å². The van der Waals surface area contributed by atoms with Crippen molar-refractivity contribution in [2.75, 3.05) is 0 Å². The van der Waals surface area contributed by atoms with Gasteiger partial charge in [-0.2, -0.15) is 0 Å². The maximum absolute atomic E-state index is 12.8. The van der Waals surface area contributed by atoms with Crippen molar-refractivity contribution in [1.82, 2.24) is 0 Å². The molecule has 2 aliphatic heterocycles. The predicted octanol–water partition coefficient (Wildman–Crippen LogP) is 4.78. The lowest BCUT2D eigenvalue weighted by Gasteiger charge is -2.47. The predicted molar refractivity (Wildman–Crippen MR) is 124 cm³/mol. The molecule has 2 saturated carbocycles. The van der Waals surface area contributed by atoms with E-state index in [1.807, 2.05) is 13.8 Å². The highest BCUT2D eigenvalue weighted by atomic mass is 16.8. The minimum Gasteiger partial charge on any atom is -0.450 e. The largest absolute Gasteiger partial charge is 0.450 e. The van der Waals surface area contributed by atoms with Crippen molar-refractivity contribution in [2.24, 2.45) is 40.4 Å². The molecule has 0 amide bonds. The van der Waals surface area contributed by atoms with Gasteiger partial charge >= 0.3 is 17.9 Å². The second-order valence-corrected chi connectivity index (χ2v) is 12.2. The van der Waals surface area contributed by atoms with Crippen LogP contribution >= 0.6 is 0 Å². The Labute approximate surface area is 202 Å². The molecule has 2 aliphatic carbocycles. The molecule has 2 bridgehead atoms. The van der Waals surface area contributed by atoms with Gasteiger partial charge in [-0.3, -0.25) is 9.59 Å². The van der Waals surface area contributed by atoms with Crippen LogP contribution in [0.2, 0.25) is 0 Å². The SMILES string of the molecule is C=C1CCCC(C)(C)[C@@H]2CC[C@@](C)([C@@H]3[C@@H]4OC(=O)[C@@H](OC(C)=O)[C@H]3[C@H](OC(=O)CC(C)C)O4)[C@H]12. The van der Waals surface area contributed by atoms with Gasteiger partial charge in [0.2, 0.25) is 18.7 Å². The quantitative estimate of drug-likeness (QED) is 0.321. The smallest absolute Gasteiger partial charge is 0.350 e. The first-order valence-corrected chi connectivity index (χ1v) is 12.8. The fourth-order valence-corrected chi connectivity index (χ4v) is 7.43. The average molecular weight is 477 g/mol. The number of esters is 3. The molecule has 4 aliphatic rings. The minimum atomic E-state index is -1.17. The van der Waals surface area contributed by atoms with E-state index in [9.17, 15) is 14.4 Å². The Hall–Kier alpha value is -1.89. The van der Waals surface area contributed by atoms with E-state index in [4.69, 9.17) is 18.9 Å². The van der Waals surface area contributed by atoms with Crippen LogP contribution in [0.25, 0.3) is 0 Å². The summed E-state index contributed by atoms with van der Waals surface area (Å²) in [6.07, 6.45) is 2.44. The normalized spacial score (nSPS) is 41.0. The maximum Gasteiger partial charge on any atom is 0.350 e.